The zero-order valence-electron chi connectivity index (χ0n) is 11.9. The average Bonchev–Trinajstić information content (AvgIpc) is 2.49. The molecule has 0 spiro atoms. The highest BCUT2D eigenvalue weighted by atomic mass is 32.1. The van der Waals surface area contributed by atoms with Crippen molar-refractivity contribution in [1.29, 1.82) is 0 Å². The van der Waals surface area contributed by atoms with Crippen molar-refractivity contribution in [3.8, 4) is 5.75 Å². The number of hydrogen-bond donors (Lipinski definition) is 1. The molecule has 1 aromatic rings. The monoisotopic (exact) mass is 292 g/mol. The maximum atomic E-state index is 9.70. The topological polar surface area (TPSA) is 32.7 Å². The zero-order valence-corrected chi connectivity index (χ0v) is 12.7. The van der Waals surface area contributed by atoms with E-state index in [1.165, 1.54) is 19.3 Å². The molecule has 0 amide bonds. The van der Waals surface area contributed by atoms with Gasteiger partial charge in [-0.3, -0.25) is 4.90 Å². The number of likely N-dealkylation sites (tertiary alicyclic amines) is 1. The van der Waals surface area contributed by atoms with Crippen LogP contribution in [0.2, 0.25) is 0 Å². The van der Waals surface area contributed by atoms with Gasteiger partial charge in [0.1, 0.15) is 5.75 Å². The molecule has 1 aliphatic heterocycles. The van der Waals surface area contributed by atoms with Gasteiger partial charge >= 0.3 is 0 Å². The highest BCUT2D eigenvalue weighted by molar-refractivity contribution is 7.80. The summed E-state index contributed by atoms with van der Waals surface area (Å²) >= 11 is 4.95. The second-order valence-corrected chi connectivity index (χ2v) is 5.68. The summed E-state index contributed by atoms with van der Waals surface area (Å²) in [6.45, 7) is 6.13. The van der Waals surface area contributed by atoms with Crippen molar-refractivity contribution < 1.29 is 9.84 Å². The van der Waals surface area contributed by atoms with Gasteiger partial charge in [-0.1, -0.05) is 18.6 Å². The molecule has 3 nitrogen and oxygen atoms in total. The molecule has 1 fully saturated rings. The van der Waals surface area contributed by atoms with Crippen LogP contribution >= 0.6 is 12.2 Å². The van der Waals surface area contributed by atoms with Crippen LogP contribution in [0.5, 0.6) is 5.75 Å². The van der Waals surface area contributed by atoms with Gasteiger partial charge in [-0.25, -0.2) is 0 Å². The lowest BCUT2D eigenvalue weighted by Crippen LogP contribution is -2.38. The molecule has 1 saturated heterocycles. The number of aliphatic hydroxyl groups is 1. The number of thiocarbonyl (C=S) groups is 1. The number of benzene rings is 1. The highest BCUT2D eigenvalue weighted by Gasteiger charge is 2.29. The van der Waals surface area contributed by atoms with Crippen LogP contribution in [0.1, 0.15) is 30.9 Å². The van der Waals surface area contributed by atoms with Crippen LogP contribution < -0.4 is 4.74 Å². The molecule has 1 aromatic carbocycles. The van der Waals surface area contributed by atoms with Crippen LogP contribution in [0.25, 0.3) is 0 Å². The van der Waals surface area contributed by atoms with Crippen molar-refractivity contribution in [1.82, 2.24) is 4.90 Å². The zero-order chi connectivity index (χ0) is 14.5. The second-order valence-electron chi connectivity index (χ2n) is 5.26. The summed E-state index contributed by atoms with van der Waals surface area (Å²) in [6.07, 6.45) is 3.66. The van der Waals surface area contributed by atoms with Crippen LogP contribution in [0.4, 0.5) is 0 Å². The summed E-state index contributed by atoms with van der Waals surface area (Å²) in [5.41, 5.74) is 1.13. The molecule has 0 aromatic heterocycles. The molecule has 1 N–H and O–H groups in total. The minimum Gasteiger partial charge on any atom is -0.502 e. The third-order valence-corrected chi connectivity index (χ3v) is 4.24. The van der Waals surface area contributed by atoms with E-state index in [9.17, 15) is 5.11 Å². The minimum absolute atomic E-state index is 0.0172. The summed E-state index contributed by atoms with van der Waals surface area (Å²) in [5, 5.41) is 9.68. The number of rotatable bonds is 5. The van der Waals surface area contributed by atoms with Crippen molar-refractivity contribution in [3.05, 3.63) is 36.8 Å². The van der Waals surface area contributed by atoms with Gasteiger partial charge in [-0.05, 0) is 62.8 Å². The summed E-state index contributed by atoms with van der Waals surface area (Å²) < 4.78 is 5.20. The molecule has 2 unspecified atom stereocenters. The number of methoxy groups -OCH3 is 1. The Morgan fingerprint density at radius 1 is 1.25 bits per heavy atom. The van der Waals surface area contributed by atoms with Crippen molar-refractivity contribution in [2.75, 3.05) is 20.2 Å². The van der Waals surface area contributed by atoms with Crippen LogP contribution in [0.3, 0.4) is 0 Å². The van der Waals surface area contributed by atoms with Gasteiger partial charge < -0.3 is 9.84 Å². The number of aliphatic hydroxyl groups excluding tert-OH is 1. The summed E-state index contributed by atoms with van der Waals surface area (Å²) in [4.78, 5) is 2.38. The van der Waals surface area contributed by atoms with Gasteiger partial charge in [-0.2, -0.15) is 0 Å². The summed E-state index contributed by atoms with van der Waals surface area (Å²) in [7, 11) is 1.66. The van der Waals surface area contributed by atoms with E-state index in [4.69, 9.17) is 17.0 Å². The normalized spacial score (nSPS) is 19.3. The van der Waals surface area contributed by atoms with Crippen LogP contribution in [-0.4, -0.2) is 35.3 Å². The van der Waals surface area contributed by atoms with Crippen LogP contribution in [0.15, 0.2) is 24.3 Å². The first-order chi connectivity index (χ1) is 9.63. The molecule has 20 heavy (non-hydrogen) atoms. The third-order valence-electron chi connectivity index (χ3n) is 3.94. The first kappa shape index (κ1) is 15.3. The molecule has 109 valence electrons. The molecule has 0 bridgehead atoms. The fraction of sp³-hybridized carbons (Fsp3) is 0.500. The van der Waals surface area contributed by atoms with Gasteiger partial charge in [0, 0.05) is 12.0 Å². The van der Waals surface area contributed by atoms with Gasteiger partial charge in [0.05, 0.1) is 7.11 Å². The maximum absolute atomic E-state index is 9.70. The predicted octanol–water partition coefficient (Wildman–Crippen LogP) is 3.56. The van der Waals surface area contributed by atoms with Crippen molar-refractivity contribution in [2.45, 2.75) is 25.3 Å². The number of piperidine rings is 1. The molecular weight excluding hydrogens is 270 g/mol. The van der Waals surface area contributed by atoms with Crippen molar-refractivity contribution in [3.63, 3.8) is 0 Å². The fourth-order valence-electron chi connectivity index (χ4n) is 2.83. The summed E-state index contributed by atoms with van der Waals surface area (Å²) in [5.74, 6) is 0.537. The Balaban J connectivity index is 2.26. The van der Waals surface area contributed by atoms with Crippen LogP contribution in [0, 0.1) is 12.8 Å². The molecule has 2 atom stereocenters. The Morgan fingerprint density at radius 2 is 1.85 bits per heavy atom. The van der Waals surface area contributed by atoms with Gasteiger partial charge in [0.25, 0.3) is 0 Å². The standard InChI is InChI=1S/C16H22NO2S/c1-12(16(18)20)15(17-10-4-3-5-11-17)13-6-8-14(19-2)9-7-13/h6-9,12,15H,1,3-5,10-11H2,2H3,(H,18,20). The van der Waals surface area contributed by atoms with E-state index in [0.29, 0.717) is 0 Å². The Kier molecular flexibility index (Phi) is 5.38. The number of nitrogens with zero attached hydrogens (tertiary/aromatic N) is 1. The lowest BCUT2D eigenvalue weighted by molar-refractivity contribution is 0.145. The van der Waals surface area contributed by atoms with E-state index >= 15 is 0 Å². The first-order valence-corrected chi connectivity index (χ1v) is 7.48. The lowest BCUT2D eigenvalue weighted by atomic mass is 9.91. The number of ether oxygens (including phenoxy) is 1. The van der Waals surface area contributed by atoms with E-state index in [1.54, 1.807) is 7.11 Å². The average molecular weight is 292 g/mol. The quantitative estimate of drug-likeness (QED) is 0.841. The Hall–Kier alpha value is -1.13. The predicted molar refractivity (Wildman–Crippen MR) is 85.2 cm³/mol. The first-order valence-electron chi connectivity index (χ1n) is 7.07. The van der Waals surface area contributed by atoms with E-state index in [2.05, 4.69) is 11.8 Å². The molecule has 4 heteroatoms. The minimum atomic E-state index is -0.295. The molecular formula is C16H22NO2S. The highest BCUT2D eigenvalue weighted by Crippen LogP contribution is 2.32. The van der Waals surface area contributed by atoms with E-state index in [1.807, 2.05) is 24.3 Å². The molecule has 0 saturated carbocycles. The second kappa shape index (κ2) is 7.04. The Labute approximate surface area is 126 Å². The lowest BCUT2D eigenvalue weighted by Gasteiger charge is -2.37. The molecule has 0 aliphatic carbocycles. The van der Waals surface area contributed by atoms with Gasteiger partial charge in [0.15, 0.2) is 5.05 Å². The van der Waals surface area contributed by atoms with E-state index in [-0.39, 0.29) is 17.0 Å². The molecule has 1 aliphatic rings. The molecule has 1 radical (unpaired) electrons. The van der Waals surface area contributed by atoms with Gasteiger partial charge in [0.2, 0.25) is 0 Å². The fourth-order valence-corrected chi connectivity index (χ4v) is 2.96. The maximum Gasteiger partial charge on any atom is 0.161 e. The van der Waals surface area contributed by atoms with Crippen LogP contribution in [-0.2, 0) is 0 Å². The Morgan fingerprint density at radius 3 is 2.35 bits per heavy atom. The number of hydrogen-bond acceptors (Lipinski definition) is 3. The van der Waals surface area contributed by atoms with Gasteiger partial charge in [-0.15, -0.1) is 0 Å². The molecule has 2 rings (SSSR count). The Bertz CT molecular complexity index is 440. The SMILES string of the molecule is [CH2]C(C(O)=S)C(c1ccc(OC)cc1)N1CCCCC1. The largest absolute Gasteiger partial charge is 0.502 e. The summed E-state index contributed by atoms with van der Waals surface area (Å²) in [6, 6.07) is 8.00. The smallest absolute Gasteiger partial charge is 0.161 e. The van der Waals surface area contributed by atoms with Crippen molar-refractivity contribution in [2.24, 2.45) is 5.92 Å². The van der Waals surface area contributed by atoms with E-state index in [0.717, 1.165) is 24.4 Å². The van der Waals surface area contributed by atoms with E-state index < -0.39 is 0 Å². The molecule has 1 heterocycles. The van der Waals surface area contributed by atoms with Crippen molar-refractivity contribution >= 4 is 17.3 Å². The third kappa shape index (κ3) is 3.49.